The Balaban J connectivity index is 2.41. The number of hydrogen-bond acceptors (Lipinski definition) is 2. The average molecular weight is 238 g/mol. The van der Waals surface area contributed by atoms with Crippen LogP contribution in [0.4, 0.5) is 0 Å². The first kappa shape index (κ1) is 12.2. The molecule has 2 aliphatic rings. The molecule has 2 aliphatic heterocycles. The lowest BCUT2D eigenvalue weighted by Crippen LogP contribution is -2.71. The van der Waals surface area contributed by atoms with Crippen LogP contribution in [-0.4, -0.2) is 37.6 Å². The topological polar surface area (TPSA) is 55.6 Å². The highest BCUT2D eigenvalue weighted by Gasteiger charge is 2.68. The zero-order valence-corrected chi connectivity index (χ0v) is 10.6. The van der Waals surface area contributed by atoms with Crippen molar-refractivity contribution in [1.82, 2.24) is 5.06 Å². The quantitative estimate of drug-likeness (QED) is 0.510. The van der Waals surface area contributed by atoms with Crippen LogP contribution in [0.5, 0.6) is 0 Å². The van der Waals surface area contributed by atoms with Crippen molar-refractivity contribution in [1.29, 1.82) is 0 Å². The van der Waals surface area contributed by atoms with E-state index in [1.165, 1.54) is 4.58 Å². The molecule has 0 amide bonds. The van der Waals surface area contributed by atoms with Gasteiger partial charge in [0.25, 0.3) is 0 Å². The van der Waals surface area contributed by atoms with Gasteiger partial charge in [-0.2, -0.15) is 0 Å². The summed E-state index contributed by atoms with van der Waals surface area (Å²) in [5.41, 5.74) is -1.91. The van der Waals surface area contributed by atoms with Gasteiger partial charge in [-0.1, -0.05) is 0 Å². The van der Waals surface area contributed by atoms with E-state index in [0.717, 1.165) is 5.06 Å². The van der Waals surface area contributed by atoms with E-state index in [1.807, 2.05) is 27.7 Å². The number of piperidine rings is 1. The Morgan fingerprint density at radius 2 is 1.82 bits per heavy atom. The molecule has 1 saturated heterocycles. The van der Waals surface area contributed by atoms with Gasteiger partial charge in [0, 0.05) is 0 Å². The first-order chi connectivity index (χ1) is 7.65. The molecule has 0 bridgehead atoms. The zero-order valence-electron chi connectivity index (χ0n) is 10.6. The molecule has 1 fully saturated rings. The molecule has 0 aromatic heterocycles. The number of nitrogens with zero attached hydrogens (tertiary/aromatic N) is 2. The van der Waals surface area contributed by atoms with Gasteiger partial charge in [0.15, 0.2) is 0 Å². The molecule has 1 radical (unpaired) electrons. The number of aliphatic hydroxyl groups is 1. The largest absolute Gasteiger partial charge is 0.571 e. The molecule has 0 aromatic rings. The number of terminal acetylenes is 1. The van der Waals surface area contributed by atoms with Gasteiger partial charge in [-0.05, 0) is 38.7 Å². The van der Waals surface area contributed by atoms with Crippen LogP contribution in [0.15, 0.2) is 0 Å². The highest BCUT2D eigenvalue weighted by Crippen LogP contribution is 2.47. The van der Waals surface area contributed by atoms with Crippen LogP contribution < -0.4 is 0 Å². The Kier molecular flexibility index (Phi) is 2.26. The van der Waals surface area contributed by atoms with Gasteiger partial charge in [0.2, 0.25) is 6.04 Å². The SMILES string of the molecule is C#C[N+]1=C(O)OC12CC(C)(C)N([O])C(C)(C)C2. The molecule has 93 valence electrons. The van der Waals surface area contributed by atoms with Crippen molar-refractivity contribution < 1.29 is 19.6 Å². The Bertz CT molecular complexity index is 414. The minimum absolute atomic E-state index is 0.251. The van der Waals surface area contributed by atoms with Crippen molar-refractivity contribution in [2.75, 3.05) is 0 Å². The summed E-state index contributed by atoms with van der Waals surface area (Å²) in [6.45, 7) is 7.43. The lowest BCUT2D eigenvalue weighted by atomic mass is 9.75. The lowest BCUT2D eigenvalue weighted by molar-refractivity contribution is -0.672. The van der Waals surface area contributed by atoms with Gasteiger partial charge in [-0.25, -0.2) is 0 Å². The second-order valence-corrected chi connectivity index (χ2v) is 6.07. The Morgan fingerprint density at radius 1 is 1.35 bits per heavy atom. The molecule has 0 aromatic carbocycles. The molecule has 0 unspecified atom stereocenters. The van der Waals surface area contributed by atoms with Crippen molar-refractivity contribution in [2.45, 2.75) is 57.3 Å². The standard InChI is InChI=1S/C12H17N2O3/c1-6-13-9(15)17-12(13)7-10(2,3)14(16)11(4,5)8-12/h1H,7-8H2,2-5H3/p+1. The predicted molar refractivity (Wildman–Crippen MR) is 60.5 cm³/mol. The second-order valence-electron chi connectivity index (χ2n) is 6.07. The average Bonchev–Trinajstić information content (AvgIpc) is 2.13. The van der Waals surface area contributed by atoms with Crippen LogP contribution in [0.1, 0.15) is 40.5 Å². The molecule has 0 aliphatic carbocycles. The minimum Gasteiger partial charge on any atom is -0.429 e. The van der Waals surface area contributed by atoms with Gasteiger partial charge in [0.05, 0.1) is 23.9 Å². The summed E-state index contributed by atoms with van der Waals surface area (Å²) in [5, 5.41) is 22.7. The number of rotatable bonds is 0. The van der Waals surface area contributed by atoms with E-state index in [1.54, 1.807) is 0 Å². The molecule has 1 spiro atoms. The van der Waals surface area contributed by atoms with E-state index in [9.17, 15) is 10.3 Å². The van der Waals surface area contributed by atoms with Crippen molar-refractivity contribution in [2.24, 2.45) is 0 Å². The molecular formula is C12H18N2O3+. The van der Waals surface area contributed by atoms with E-state index < -0.39 is 16.8 Å². The fourth-order valence-electron chi connectivity index (χ4n) is 3.18. The fraction of sp³-hybridized carbons (Fsp3) is 0.750. The number of ether oxygens (including phenoxy) is 1. The van der Waals surface area contributed by atoms with Crippen LogP contribution >= 0.6 is 0 Å². The van der Waals surface area contributed by atoms with E-state index in [0.29, 0.717) is 12.8 Å². The van der Waals surface area contributed by atoms with E-state index in [2.05, 4.69) is 6.04 Å². The van der Waals surface area contributed by atoms with Crippen LogP contribution in [0.25, 0.3) is 0 Å². The van der Waals surface area contributed by atoms with Crippen molar-refractivity contribution in [3.8, 4) is 12.5 Å². The smallest absolute Gasteiger partial charge is 0.429 e. The van der Waals surface area contributed by atoms with E-state index in [4.69, 9.17) is 11.2 Å². The summed E-state index contributed by atoms with van der Waals surface area (Å²) in [4.78, 5) is 0. The molecule has 2 rings (SSSR count). The normalized spacial score (nSPS) is 29.4. The second kappa shape index (κ2) is 3.15. The molecule has 0 saturated carbocycles. The summed E-state index contributed by atoms with van der Waals surface area (Å²) < 4.78 is 6.76. The highest BCUT2D eigenvalue weighted by atomic mass is 16.7. The third-order valence-electron chi connectivity index (χ3n) is 3.53. The molecule has 2 heterocycles. The van der Waals surface area contributed by atoms with Crippen molar-refractivity contribution in [3.05, 3.63) is 0 Å². The Morgan fingerprint density at radius 3 is 2.18 bits per heavy atom. The van der Waals surface area contributed by atoms with Gasteiger partial charge < -0.3 is 9.84 Å². The molecule has 5 heteroatoms. The summed E-state index contributed by atoms with van der Waals surface area (Å²) in [6.07, 6.45) is 6.03. The van der Waals surface area contributed by atoms with Crippen molar-refractivity contribution >= 4 is 6.08 Å². The van der Waals surface area contributed by atoms with Crippen LogP contribution in [0, 0.1) is 12.5 Å². The minimum atomic E-state index is -0.743. The monoisotopic (exact) mass is 238 g/mol. The summed E-state index contributed by atoms with van der Waals surface area (Å²) in [7, 11) is 0. The van der Waals surface area contributed by atoms with Gasteiger partial charge in [-0.15, -0.1) is 10.3 Å². The van der Waals surface area contributed by atoms with E-state index >= 15 is 0 Å². The predicted octanol–water partition coefficient (Wildman–Crippen LogP) is 1.23. The van der Waals surface area contributed by atoms with Gasteiger partial charge in [0.1, 0.15) is 0 Å². The van der Waals surface area contributed by atoms with Crippen molar-refractivity contribution in [3.63, 3.8) is 0 Å². The van der Waals surface area contributed by atoms with Crippen LogP contribution in [-0.2, 0) is 9.94 Å². The third-order valence-corrected chi connectivity index (χ3v) is 3.53. The fourth-order valence-corrected chi connectivity index (χ4v) is 3.18. The first-order valence-electron chi connectivity index (χ1n) is 5.64. The molecule has 17 heavy (non-hydrogen) atoms. The maximum absolute atomic E-state index is 12.2. The Labute approximate surface area is 101 Å². The molecule has 5 nitrogen and oxygen atoms in total. The molecule has 1 N–H and O–H groups in total. The third kappa shape index (κ3) is 1.52. The summed E-state index contributed by atoms with van der Waals surface area (Å²) >= 11 is 0. The summed E-state index contributed by atoms with van der Waals surface area (Å²) in [5.74, 6) is 0. The lowest BCUT2D eigenvalue weighted by Gasteiger charge is -2.52. The summed E-state index contributed by atoms with van der Waals surface area (Å²) in [6, 6.07) is 2.40. The molecule has 0 atom stereocenters. The van der Waals surface area contributed by atoms with E-state index in [-0.39, 0.29) is 6.08 Å². The number of aliphatic hydroxyl groups excluding tert-OH is 1. The number of hydroxylamine groups is 2. The van der Waals surface area contributed by atoms with Crippen LogP contribution in [0.3, 0.4) is 0 Å². The Hall–Kier alpha value is -1.25. The first-order valence-corrected chi connectivity index (χ1v) is 5.64. The maximum Gasteiger partial charge on any atom is 0.571 e. The molecular weight excluding hydrogens is 220 g/mol. The highest BCUT2D eigenvalue weighted by molar-refractivity contribution is 5.63. The van der Waals surface area contributed by atoms with Gasteiger partial charge >= 0.3 is 11.8 Å². The maximum atomic E-state index is 12.2. The zero-order chi connectivity index (χ0) is 13.1. The van der Waals surface area contributed by atoms with Crippen LogP contribution in [0.2, 0.25) is 0 Å². The van der Waals surface area contributed by atoms with Gasteiger partial charge in [-0.3, -0.25) is 0 Å². The number of hydrogen-bond donors (Lipinski definition) is 1.